The number of morpholine rings is 1. The van der Waals surface area contributed by atoms with Crippen molar-refractivity contribution in [1.82, 2.24) is 14.6 Å². The molecule has 154 valence electrons. The van der Waals surface area contributed by atoms with Gasteiger partial charge >= 0.3 is 0 Å². The highest BCUT2D eigenvalue weighted by Crippen LogP contribution is 2.31. The number of fused-ring (bicyclic) bond motifs is 1. The third kappa shape index (κ3) is 3.80. The van der Waals surface area contributed by atoms with Gasteiger partial charge in [-0.15, -0.1) is 0 Å². The Morgan fingerprint density at radius 2 is 2.07 bits per heavy atom. The lowest BCUT2D eigenvalue weighted by molar-refractivity contribution is 0.122. The summed E-state index contributed by atoms with van der Waals surface area (Å²) in [5.41, 5.74) is 0.203. The van der Waals surface area contributed by atoms with Crippen molar-refractivity contribution in [2.75, 3.05) is 43.0 Å². The van der Waals surface area contributed by atoms with Crippen molar-refractivity contribution in [3.05, 3.63) is 41.4 Å². The van der Waals surface area contributed by atoms with Crippen LogP contribution in [-0.4, -0.2) is 56.4 Å². The van der Waals surface area contributed by atoms with E-state index in [2.05, 4.69) is 14.8 Å². The number of hydrogen-bond acceptors (Lipinski definition) is 7. The third-order valence-electron chi connectivity index (χ3n) is 4.41. The zero-order valence-electron chi connectivity index (χ0n) is 15.3. The van der Waals surface area contributed by atoms with Crippen LogP contribution in [0.15, 0.2) is 35.5 Å². The summed E-state index contributed by atoms with van der Waals surface area (Å²) >= 11 is 5.90. The van der Waals surface area contributed by atoms with Crippen LogP contribution in [0.2, 0.25) is 5.02 Å². The van der Waals surface area contributed by atoms with Gasteiger partial charge in [-0.2, -0.15) is 10.1 Å². The van der Waals surface area contributed by atoms with E-state index in [0.29, 0.717) is 36.8 Å². The van der Waals surface area contributed by atoms with E-state index in [1.165, 1.54) is 30.1 Å². The number of nitrogens with one attached hydrogen (secondary N) is 1. The molecule has 1 fully saturated rings. The Hall–Kier alpha value is -2.63. The van der Waals surface area contributed by atoms with E-state index in [9.17, 15) is 12.8 Å². The number of nitrogens with zero attached hydrogens (tertiary/aromatic N) is 4. The maximum absolute atomic E-state index is 14.7. The number of halogens is 2. The lowest BCUT2D eigenvalue weighted by Gasteiger charge is -2.28. The lowest BCUT2D eigenvalue weighted by Crippen LogP contribution is -2.37. The fourth-order valence-corrected chi connectivity index (χ4v) is 4.35. The molecular formula is C17H17ClFN5O4S. The van der Waals surface area contributed by atoms with Crippen molar-refractivity contribution >= 4 is 38.6 Å². The maximum atomic E-state index is 14.7. The summed E-state index contributed by atoms with van der Waals surface area (Å²) in [5.74, 6) is -0.633. The Kier molecular flexibility index (Phi) is 5.19. The predicted octanol–water partition coefficient (Wildman–Crippen LogP) is 2.17. The van der Waals surface area contributed by atoms with Crippen LogP contribution in [0.25, 0.3) is 5.52 Å². The van der Waals surface area contributed by atoms with Gasteiger partial charge in [0, 0.05) is 25.4 Å². The van der Waals surface area contributed by atoms with Crippen molar-refractivity contribution in [3.63, 3.8) is 0 Å². The minimum absolute atomic E-state index is 0.0454. The highest BCUT2D eigenvalue weighted by atomic mass is 35.5. The van der Waals surface area contributed by atoms with Crippen molar-refractivity contribution in [2.24, 2.45) is 0 Å². The van der Waals surface area contributed by atoms with Gasteiger partial charge in [0.05, 0.1) is 37.1 Å². The minimum Gasteiger partial charge on any atom is -0.479 e. The topological polar surface area (TPSA) is 98.1 Å². The molecular weight excluding hydrogens is 425 g/mol. The molecule has 0 saturated carbocycles. The Bertz CT molecular complexity index is 1160. The summed E-state index contributed by atoms with van der Waals surface area (Å²) in [6.45, 7) is 1.86. The first kappa shape index (κ1) is 19.7. The molecule has 4 rings (SSSR count). The van der Waals surface area contributed by atoms with E-state index in [0.717, 1.165) is 6.07 Å². The van der Waals surface area contributed by atoms with Crippen molar-refractivity contribution in [3.8, 4) is 5.88 Å². The van der Waals surface area contributed by atoms with E-state index in [-0.39, 0.29) is 22.3 Å². The average molecular weight is 442 g/mol. The van der Waals surface area contributed by atoms with Gasteiger partial charge in [-0.05, 0) is 12.1 Å². The predicted molar refractivity (Wildman–Crippen MR) is 105 cm³/mol. The molecule has 0 bridgehead atoms. The molecule has 1 aliphatic heterocycles. The van der Waals surface area contributed by atoms with Crippen LogP contribution in [0.4, 0.5) is 15.9 Å². The standard InChI is InChI=1S/C17H17ClFN5O4S/c1-27-17-13(8-12(19)16(21-17)23-4-6-28-7-5-23)22-29(25,26)15-9-20-24-10-11(18)2-3-14(15)24/h2-3,8-10,22H,4-7H2,1H3. The van der Waals surface area contributed by atoms with Gasteiger partial charge in [0.2, 0.25) is 5.88 Å². The number of ether oxygens (including phenoxy) is 2. The lowest BCUT2D eigenvalue weighted by atomic mass is 10.3. The molecule has 0 unspecified atom stereocenters. The maximum Gasteiger partial charge on any atom is 0.265 e. The zero-order chi connectivity index (χ0) is 20.6. The van der Waals surface area contributed by atoms with E-state index in [1.807, 2.05) is 0 Å². The molecule has 0 amide bonds. The van der Waals surface area contributed by atoms with Gasteiger partial charge in [0.25, 0.3) is 10.0 Å². The van der Waals surface area contributed by atoms with Gasteiger partial charge < -0.3 is 14.4 Å². The molecule has 4 heterocycles. The molecule has 0 radical (unpaired) electrons. The van der Waals surface area contributed by atoms with Gasteiger partial charge in [-0.25, -0.2) is 17.3 Å². The number of pyridine rings is 2. The number of rotatable bonds is 5. The monoisotopic (exact) mass is 441 g/mol. The molecule has 0 atom stereocenters. The SMILES string of the molecule is COc1nc(N2CCOCC2)c(F)cc1NS(=O)(=O)c1cnn2cc(Cl)ccc12. The fourth-order valence-electron chi connectivity index (χ4n) is 3.03. The van der Waals surface area contributed by atoms with Crippen LogP contribution in [0.3, 0.4) is 0 Å². The smallest absolute Gasteiger partial charge is 0.265 e. The molecule has 29 heavy (non-hydrogen) atoms. The molecule has 1 N–H and O–H groups in total. The minimum atomic E-state index is -4.09. The normalized spacial score (nSPS) is 14.9. The molecule has 0 aliphatic carbocycles. The van der Waals surface area contributed by atoms with Crippen LogP contribution in [0.1, 0.15) is 0 Å². The highest BCUT2D eigenvalue weighted by molar-refractivity contribution is 7.93. The molecule has 0 aromatic carbocycles. The number of hydrogen-bond donors (Lipinski definition) is 1. The summed E-state index contributed by atoms with van der Waals surface area (Å²) in [7, 11) is -2.76. The molecule has 9 nitrogen and oxygen atoms in total. The Morgan fingerprint density at radius 1 is 1.31 bits per heavy atom. The highest BCUT2D eigenvalue weighted by Gasteiger charge is 2.25. The second-order valence-corrected chi connectivity index (χ2v) is 8.33. The summed E-state index contributed by atoms with van der Waals surface area (Å²) in [5, 5.41) is 4.40. The van der Waals surface area contributed by atoms with Gasteiger partial charge in [0.15, 0.2) is 11.6 Å². The van der Waals surface area contributed by atoms with Crippen LogP contribution < -0.4 is 14.4 Å². The first-order valence-electron chi connectivity index (χ1n) is 8.62. The summed E-state index contributed by atoms with van der Waals surface area (Å²) in [4.78, 5) is 5.79. The van der Waals surface area contributed by atoms with E-state index in [4.69, 9.17) is 21.1 Å². The quantitative estimate of drug-likeness (QED) is 0.647. The number of aromatic nitrogens is 3. The van der Waals surface area contributed by atoms with E-state index < -0.39 is 15.8 Å². The molecule has 3 aromatic heterocycles. The van der Waals surface area contributed by atoms with Gasteiger partial charge in [0.1, 0.15) is 10.6 Å². The van der Waals surface area contributed by atoms with Crippen LogP contribution >= 0.6 is 11.6 Å². The summed E-state index contributed by atoms with van der Waals surface area (Å²) in [6, 6.07) is 4.13. The summed E-state index contributed by atoms with van der Waals surface area (Å²) in [6.07, 6.45) is 2.67. The van der Waals surface area contributed by atoms with E-state index in [1.54, 1.807) is 11.0 Å². The molecule has 12 heteroatoms. The number of anilines is 2. The fraction of sp³-hybridized carbons (Fsp3) is 0.294. The van der Waals surface area contributed by atoms with Crippen LogP contribution in [0, 0.1) is 5.82 Å². The Balaban J connectivity index is 1.69. The van der Waals surface area contributed by atoms with Gasteiger partial charge in [-0.1, -0.05) is 11.6 Å². The van der Waals surface area contributed by atoms with Crippen molar-refractivity contribution in [1.29, 1.82) is 0 Å². The third-order valence-corrected chi connectivity index (χ3v) is 6.01. The average Bonchev–Trinajstić information content (AvgIpc) is 3.12. The number of methoxy groups -OCH3 is 1. The van der Waals surface area contributed by atoms with Crippen LogP contribution in [0.5, 0.6) is 5.88 Å². The first-order chi connectivity index (χ1) is 13.9. The van der Waals surface area contributed by atoms with Crippen molar-refractivity contribution in [2.45, 2.75) is 4.90 Å². The summed E-state index contributed by atoms with van der Waals surface area (Å²) < 4.78 is 54.6. The largest absolute Gasteiger partial charge is 0.479 e. The second-order valence-electron chi connectivity index (χ2n) is 6.24. The van der Waals surface area contributed by atoms with E-state index >= 15 is 0 Å². The Labute approximate surface area is 171 Å². The Morgan fingerprint density at radius 3 is 2.79 bits per heavy atom. The second kappa shape index (κ2) is 7.65. The molecule has 3 aromatic rings. The molecule has 0 spiro atoms. The van der Waals surface area contributed by atoms with Gasteiger partial charge in [-0.3, -0.25) is 4.72 Å². The van der Waals surface area contributed by atoms with Crippen molar-refractivity contribution < 1.29 is 22.3 Å². The molecule has 1 saturated heterocycles. The zero-order valence-corrected chi connectivity index (χ0v) is 16.9. The number of sulfonamides is 1. The first-order valence-corrected chi connectivity index (χ1v) is 10.5. The molecule has 1 aliphatic rings. The van der Waals surface area contributed by atoms with Crippen LogP contribution in [-0.2, 0) is 14.8 Å².